The number of para-hydroxylation sites is 2. The molecule has 0 saturated heterocycles. The van der Waals surface area contributed by atoms with E-state index < -0.39 is 0 Å². The summed E-state index contributed by atoms with van der Waals surface area (Å²) in [6.07, 6.45) is 0. The lowest BCUT2D eigenvalue weighted by atomic mass is 10.2. The highest BCUT2D eigenvalue weighted by atomic mass is 33.1. The molecule has 0 bridgehead atoms. The summed E-state index contributed by atoms with van der Waals surface area (Å²) in [5.41, 5.74) is 10.3. The molecule has 0 aliphatic heterocycles. The minimum Gasteiger partial charge on any atom is -0.277 e. The number of benzene rings is 4. The van der Waals surface area contributed by atoms with Gasteiger partial charge in [-0.2, -0.15) is 10.2 Å². The fraction of sp³-hybridized carbons (Fsp3) is 0. The SMILES string of the molecule is c1ccc(N/N=C(\SS/C(=N\Nc2ccccc2)c2ccccc2)c2ccccc2)cc1. The van der Waals surface area contributed by atoms with Crippen molar-refractivity contribution in [2.45, 2.75) is 0 Å². The van der Waals surface area contributed by atoms with E-state index in [0.717, 1.165) is 32.6 Å². The van der Waals surface area contributed by atoms with E-state index in [0.29, 0.717) is 0 Å². The average Bonchev–Trinajstić information content (AvgIpc) is 2.88. The lowest BCUT2D eigenvalue weighted by molar-refractivity contribution is 1.34. The van der Waals surface area contributed by atoms with E-state index in [4.69, 9.17) is 0 Å². The van der Waals surface area contributed by atoms with Gasteiger partial charge in [-0.3, -0.25) is 10.9 Å². The summed E-state index contributed by atoms with van der Waals surface area (Å²) in [6, 6.07) is 40.2. The molecule has 0 saturated carbocycles. The third kappa shape index (κ3) is 6.51. The van der Waals surface area contributed by atoms with E-state index in [1.165, 1.54) is 0 Å². The monoisotopic (exact) mass is 454 g/mol. The summed E-state index contributed by atoms with van der Waals surface area (Å²) in [7, 11) is 3.13. The molecule has 4 rings (SSSR count). The van der Waals surface area contributed by atoms with E-state index in [9.17, 15) is 0 Å². The Morgan fingerprint density at radius 1 is 0.438 bits per heavy atom. The minimum absolute atomic E-state index is 0.864. The summed E-state index contributed by atoms with van der Waals surface area (Å²) < 4.78 is 0. The molecule has 4 nitrogen and oxygen atoms in total. The van der Waals surface area contributed by atoms with Crippen LogP contribution in [-0.4, -0.2) is 10.1 Å². The second kappa shape index (κ2) is 11.8. The Balaban J connectivity index is 1.56. The van der Waals surface area contributed by atoms with E-state index in [1.54, 1.807) is 21.6 Å². The summed E-state index contributed by atoms with van der Waals surface area (Å²) in [5, 5.41) is 11.1. The maximum absolute atomic E-state index is 4.68. The number of nitrogens with one attached hydrogen (secondary N) is 2. The Morgan fingerprint density at radius 2 is 0.750 bits per heavy atom. The highest BCUT2D eigenvalue weighted by Crippen LogP contribution is 2.31. The van der Waals surface area contributed by atoms with Crippen LogP contribution >= 0.6 is 21.6 Å². The maximum atomic E-state index is 4.68. The molecule has 0 amide bonds. The number of anilines is 2. The van der Waals surface area contributed by atoms with E-state index in [1.807, 2.05) is 97.1 Å². The molecular weight excluding hydrogens is 432 g/mol. The fourth-order valence-corrected chi connectivity index (χ4v) is 4.82. The van der Waals surface area contributed by atoms with E-state index in [-0.39, 0.29) is 0 Å². The maximum Gasteiger partial charge on any atom is 0.135 e. The molecule has 6 heteroatoms. The van der Waals surface area contributed by atoms with Gasteiger partial charge in [-0.05, 0) is 45.9 Å². The van der Waals surface area contributed by atoms with Crippen molar-refractivity contribution in [3.63, 3.8) is 0 Å². The molecule has 0 heterocycles. The zero-order valence-electron chi connectivity index (χ0n) is 17.3. The highest BCUT2D eigenvalue weighted by Gasteiger charge is 2.11. The van der Waals surface area contributed by atoms with Gasteiger partial charge in [-0.15, -0.1) is 0 Å². The molecule has 0 fully saturated rings. The van der Waals surface area contributed by atoms with Gasteiger partial charge in [0.25, 0.3) is 0 Å². The van der Waals surface area contributed by atoms with Gasteiger partial charge in [-0.25, -0.2) is 0 Å². The Morgan fingerprint density at radius 3 is 1.09 bits per heavy atom. The van der Waals surface area contributed by atoms with Crippen molar-refractivity contribution in [3.8, 4) is 0 Å². The van der Waals surface area contributed by atoms with Gasteiger partial charge >= 0.3 is 0 Å². The average molecular weight is 455 g/mol. The van der Waals surface area contributed by atoms with Crippen LogP contribution in [0.15, 0.2) is 132 Å². The van der Waals surface area contributed by atoms with E-state index >= 15 is 0 Å². The molecule has 0 atom stereocenters. The summed E-state index contributed by atoms with van der Waals surface area (Å²) in [6.45, 7) is 0. The van der Waals surface area contributed by atoms with Crippen molar-refractivity contribution < 1.29 is 0 Å². The van der Waals surface area contributed by atoms with Crippen LogP contribution in [0.2, 0.25) is 0 Å². The van der Waals surface area contributed by atoms with E-state index in [2.05, 4.69) is 45.3 Å². The predicted molar refractivity (Wildman–Crippen MR) is 141 cm³/mol. The molecular formula is C26H22N4S2. The zero-order chi connectivity index (χ0) is 21.8. The smallest absolute Gasteiger partial charge is 0.135 e. The lowest BCUT2D eigenvalue weighted by Crippen LogP contribution is -2.03. The number of hydrogen-bond acceptors (Lipinski definition) is 6. The predicted octanol–water partition coefficient (Wildman–Crippen LogP) is 7.32. The lowest BCUT2D eigenvalue weighted by Gasteiger charge is -2.10. The Labute approximate surface area is 196 Å². The Hall–Kier alpha value is -3.48. The van der Waals surface area contributed by atoms with Crippen molar-refractivity contribution in [2.24, 2.45) is 10.2 Å². The second-order valence-corrected chi connectivity index (χ2v) is 8.80. The Bertz CT molecular complexity index is 1050. The zero-order valence-corrected chi connectivity index (χ0v) is 18.9. The summed E-state index contributed by atoms with van der Waals surface area (Å²) >= 11 is 0. The Kier molecular flexibility index (Phi) is 8.01. The second-order valence-electron chi connectivity index (χ2n) is 6.69. The standard InChI is InChI=1S/C26H22N4S2/c1-5-13-21(14-6-1)25(29-27-23-17-9-3-10-18-23)31-32-26(22-15-7-2-8-16-22)30-28-24-19-11-4-12-20-24/h1-20,27-28H/b29-25-,30-26-. The summed E-state index contributed by atoms with van der Waals surface area (Å²) in [4.78, 5) is 0. The molecule has 0 aromatic heterocycles. The topological polar surface area (TPSA) is 48.8 Å². The molecule has 32 heavy (non-hydrogen) atoms. The van der Waals surface area contributed by atoms with Crippen LogP contribution in [0.25, 0.3) is 0 Å². The first kappa shape index (κ1) is 21.7. The molecule has 158 valence electrons. The third-order valence-electron chi connectivity index (χ3n) is 4.36. The van der Waals surface area contributed by atoms with Gasteiger partial charge in [0.2, 0.25) is 0 Å². The molecule has 0 aliphatic rings. The number of hydrogen-bond donors (Lipinski definition) is 2. The van der Waals surface area contributed by atoms with Crippen LogP contribution < -0.4 is 10.9 Å². The van der Waals surface area contributed by atoms with Crippen LogP contribution in [0, 0.1) is 0 Å². The van der Waals surface area contributed by atoms with Crippen LogP contribution in [-0.2, 0) is 0 Å². The van der Waals surface area contributed by atoms with Crippen LogP contribution in [0.1, 0.15) is 11.1 Å². The van der Waals surface area contributed by atoms with Gasteiger partial charge in [-0.1, -0.05) is 97.1 Å². The molecule has 2 N–H and O–H groups in total. The first-order chi connectivity index (χ1) is 15.9. The number of nitrogens with zero attached hydrogens (tertiary/aromatic N) is 2. The highest BCUT2D eigenvalue weighted by molar-refractivity contribution is 8.87. The minimum atomic E-state index is 0.864. The quantitative estimate of drug-likeness (QED) is 0.139. The van der Waals surface area contributed by atoms with Crippen LogP contribution in [0.5, 0.6) is 0 Å². The molecule has 0 unspecified atom stereocenters. The molecule has 0 spiro atoms. The van der Waals surface area contributed by atoms with Crippen molar-refractivity contribution in [2.75, 3.05) is 10.9 Å². The van der Waals surface area contributed by atoms with Crippen molar-refractivity contribution in [3.05, 3.63) is 132 Å². The first-order valence-electron chi connectivity index (χ1n) is 10.1. The molecule has 0 radical (unpaired) electrons. The normalized spacial score (nSPS) is 11.8. The van der Waals surface area contributed by atoms with Gasteiger partial charge in [0, 0.05) is 11.1 Å². The van der Waals surface area contributed by atoms with Gasteiger partial charge in [0.15, 0.2) is 0 Å². The molecule has 4 aromatic rings. The summed E-state index contributed by atoms with van der Waals surface area (Å²) in [5.74, 6) is 0. The van der Waals surface area contributed by atoms with Crippen LogP contribution in [0.3, 0.4) is 0 Å². The van der Waals surface area contributed by atoms with Crippen molar-refractivity contribution in [1.29, 1.82) is 0 Å². The molecule has 4 aromatic carbocycles. The number of hydrazone groups is 2. The van der Waals surface area contributed by atoms with Crippen molar-refractivity contribution in [1.82, 2.24) is 0 Å². The number of rotatable bonds is 6. The third-order valence-corrected chi connectivity index (χ3v) is 6.61. The van der Waals surface area contributed by atoms with Gasteiger partial charge in [0.1, 0.15) is 10.1 Å². The van der Waals surface area contributed by atoms with Crippen molar-refractivity contribution >= 4 is 43.1 Å². The van der Waals surface area contributed by atoms with Crippen LogP contribution in [0.4, 0.5) is 11.4 Å². The fourth-order valence-electron chi connectivity index (χ4n) is 2.76. The largest absolute Gasteiger partial charge is 0.277 e. The van der Waals surface area contributed by atoms with Gasteiger partial charge < -0.3 is 0 Å². The van der Waals surface area contributed by atoms with Gasteiger partial charge in [0.05, 0.1) is 11.4 Å². The first-order valence-corrected chi connectivity index (χ1v) is 12.3. The molecule has 0 aliphatic carbocycles.